The van der Waals surface area contributed by atoms with Gasteiger partial charge < -0.3 is 9.84 Å². The van der Waals surface area contributed by atoms with Crippen molar-refractivity contribution in [3.05, 3.63) is 11.3 Å². The van der Waals surface area contributed by atoms with Gasteiger partial charge in [-0.25, -0.2) is 18.0 Å². The van der Waals surface area contributed by atoms with Crippen LogP contribution in [0.1, 0.15) is 0 Å². The van der Waals surface area contributed by atoms with E-state index in [9.17, 15) is 22.8 Å². The summed E-state index contributed by atoms with van der Waals surface area (Å²) in [5.41, 5.74) is -1.03. The van der Waals surface area contributed by atoms with Crippen LogP contribution in [0.2, 0.25) is 0 Å². The van der Waals surface area contributed by atoms with E-state index in [4.69, 9.17) is 5.11 Å². The number of aliphatic hydroxyl groups is 1. The van der Waals surface area contributed by atoms with Crippen LogP contribution < -0.4 is 0 Å². The van der Waals surface area contributed by atoms with Gasteiger partial charge >= 0.3 is 5.97 Å². The van der Waals surface area contributed by atoms with Crippen molar-refractivity contribution < 1.29 is 32.6 Å². The van der Waals surface area contributed by atoms with E-state index in [1.54, 1.807) is 0 Å². The van der Waals surface area contributed by atoms with Gasteiger partial charge in [0, 0.05) is 0 Å². The number of cyclic esters (lactones) is 1. The molecule has 4 nitrogen and oxygen atoms in total. The average Bonchev–Trinajstić information content (AvgIpc) is 2.44. The molecule has 0 radical (unpaired) electrons. The maximum Gasteiger partial charge on any atom is 0.345 e. The number of ether oxygens (including phenoxy) is 1. The fraction of sp³-hybridized carbons (Fsp3) is 0.429. The third-order valence-corrected chi connectivity index (χ3v) is 1.56. The summed E-state index contributed by atoms with van der Waals surface area (Å²) in [6.45, 7) is -0.659. The van der Waals surface area contributed by atoms with Crippen LogP contribution in [0.3, 0.4) is 0 Å². The third-order valence-electron chi connectivity index (χ3n) is 1.56. The zero-order chi connectivity index (χ0) is 10.9. The van der Waals surface area contributed by atoms with Gasteiger partial charge in [-0.15, -0.1) is 0 Å². The van der Waals surface area contributed by atoms with E-state index in [2.05, 4.69) is 4.74 Å². The standard InChI is InChI=1S/C7H5F3O4/c8-4(6(9)10)5(12)3-2(11)1-14-7(3)13/h4,6,12H,1H2. The summed E-state index contributed by atoms with van der Waals surface area (Å²) in [6.07, 6.45) is -6.54. The monoisotopic (exact) mass is 210 g/mol. The van der Waals surface area contributed by atoms with Gasteiger partial charge in [0.1, 0.15) is 5.57 Å². The molecule has 0 spiro atoms. The highest BCUT2D eigenvalue weighted by molar-refractivity contribution is 6.22. The zero-order valence-corrected chi connectivity index (χ0v) is 6.67. The van der Waals surface area contributed by atoms with E-state index >= 15 is 0 Å². The Hall–Kier alpha value is -1.53. The number of allylic oxidation sites excluding steroid dienone is 1. The molecule has 78 valence electrons. The summed E-state index contributed by atoms with van der Waals surface area (Å²) < 4.78 is 40.1. The maximum absolute atomic E-state index is 12.5. The molecule has 14 heavy (non-hydrogen) atoms. The van der Waals surface area contributed by atoms with E-state index < -0.39 is 42.3 Å². The molecule has 1 rings (SSSR count). The molecule has 0 aromatic carbocycles. The van der Waals surface area contributed by atoms with Crippen molar-refractivity contribution in [1.82, 2.24) is 0 Å². The average molecular weight is 210 g/mol. The van der Waals surface area contributed by atoms with Crippen molar-refractivity contribution >= 4 is 11.8 Å². The number of hydrogen-bond donors (Lipinski definition) is 1. The summed E-state index contributed by atoms with van der Waals surface area (Å²) in [6, 6.07) is 0. The largest absolute Gasteiger partial charge is 0.508 e. The Kier molecular flexibility index (Phi) is 2.78. The first-order valence-electron chi connectivity index (χ1n) is 3.50. The third kappa shape index (κ3) is 1.70. The molecule has 0 aromatic rings. The van der Waals surface area contributed by atoms with Gasteiger partial charge in [0.05, 0.1) is 0 Å². The molecule has 0 saturated carbocycles. The van der Waals surface area contributed by atoms with E-state index in [1.807, 2.05) is 0 Å². The Morgan fingerprint density at radius 2 is 1.93 bits per heavy atom. The highest BCUT2D eigenvalue weighted by Gasteiger charge is 2.37. The lowest BCUT2D eigenvalue weighted by Crippen LogP contribution is -2.20. The number of carbonyl (C=O) groups is 2. The van der Waals surface area contributed by atoms with Gasteiger partial charge in [-0.2, -0.15) is 0 Å². The van der Waals surface area contributed by atoms with Gasteiger partial charge in [-0.05, 0) is 0 Å². The van der Waals surface area contributed by atoms with Gasteiger partial charge in [0.2, 0.25) is 12.0 Å². The van der Waals surface area contributed by atoms with Crippen molar-refractivity contribution in [2.24, 2.45) is 0 Å². The van der Waals surface area contributed by atoms with Crippen LogP contribution in [-0.4, -0.2) is 36.1 Å². The number of hydrogen-bond acceptors (Lipinski definition) is 4. The second-order valence-electron chi connectivity index (χ2n) is 2.50. The van der Waals surface area contributed by atoms with E-state index in [-0.39, 0.29) is 0 Å². The number of aliphatic hydroxyl groups excluding tert-OH is 1. The second-order valence-corrected chi connectivity index (χ2v) is 2.50. The van der Waals surface area contributed by atoms with E-state index in [0.717, 1.165) is 0 Å². The SMILES string of the molecule is O=C1COC(=O)C1=C(O)C(F)C(F)F. The topological polar surface area (TPSA) is 63.6 Å². The quantitative estimate of drug-likeness (QED) is 0.312. The second kappa shape index (κ2) is 3.69. The Bertz CT molecular complexity index is 292. The maximum atomic E-state index is 12.5. The van der Waals surface area contributed by atoms with Gasteiger partial charge in [-0.3, -0.25) is 4.79 Å². The van der Waals surface area contributed by atoms with E-state index in [1.165, 1.54) is 0 Å². The number of ketones is 1. The van der Waals surface area contributed by atoms with Gasteiger partial charge in [-0.1, -0.05) is 0 Å². The lowest BCUT2D eigenvalue weighted by Gasteiger charge is -2.06. The highest BCUT2D eigenvalue weighted by atomic mass is 19.3. The fourth-order valence-electron chi connectivity index (χ4n) is 0.894. The molecule has 7 heteroatoms. The van der Waals surface area contributed by atoms with Crippen LogP contribution >= 0.6 is 0 Å². The molecule has 1 saturated heterocycles. The summed E-state index contributed by atoms with van der Waals surface area (Å²) in [5, 5.41) is 8.83. The Morgan fingerprint density at radius 3 is 2.29 bits per heavy atom. The number of halogens is 3. The first-order valence-corrected chi connectivity index (χ1v) is 3.50. The fourth-order valence-corrected chi connectivity index (χ4v) is 0.894. The lowest BCUT2D eigenvalue weighted by molar-refractivity contribution is -0.135. The molecule has 1 atom stereocenters. The Labute approximate surface area is 76.0 Å². The zero-order valence-electron chi connectivity index (χ0n) is 6.67. The first-order chi connectivity index (χ1) is 6.45. The smallest absolute Gasteiger partial charge is 0.345 e. The van der Waals surface area contributed by atoms with E-state index in [0.29, 0.717) is 0 Å². The Morgan fingerprint density at radius 1 is 1.36 bits per heavy atom. The molecule has 1 heterocycles. The number of rotatable bonds is 2. The van der Waals surface area contributed by atoms with Crippen LogP contribution in [0.25, 0.3) is 0 Å². The number of Topliss-reactive ketones (excluding diaryl/α,β-unsaturated/α-hetero) is 1. The normalized spacial score (nSPS) is 22.6. The number of esters is 1. The molecular formula is C7H5F3O4. The summed E-state index contributed by atoms with van der Waals surface area (Å²) >= 11 is 0. The van der Waals surface area contributed by atoms with Crippen LogP contribution in [0.15, 0.2) is 11.3 Å². The Balaban J connectivity index is 3.03. The van der Waals surface area contributed by atoms with Crippen molar-refractivity contribution in [2.75, 3.05) is 6.61 Å². The molecule has 1 fully saturated rings. The minimum absolute atomic E-state index is 0.659. The van der Waals surface area contributed by atoms with Gasteiger partial charge in [0.25, 0.3) is 6.43 Å². The first kappa shape index (κ1) is 10.6. The highest BCUT2D eigenvalue weighted by Crippen LogP contribution is 2.21. The molecule has 1 aliphatic heterocycles. The van der Waals surface area contributed by atoms with Crippen LogP contribution in [0.4, 0.5) is 13.2 Å². The molecule has 0 aliphatic carbocycles. The van der Waals surface area contributed by atoms with Crippen molar-refractivity contribution in [3.8, 4) is 0 Å². The molecule has 0 bridgehead atoms. The molecule has 1 unspecified atom stereocenters. The summed E-state index contributed by atoms with van der Waals surface area (Å²) in [5.74, 6) is -3.85. The summed E-state index contributed by atoms with van der Waals surface area (Å²) in [4.78, 5) is 21.5. The molecular weight excluding hydrogens is 205 g/mol. The molecule has 0 amide bonds. The number of carbonyl (C=O) groups excluding carboxylic acids is 2. The van der Waals surface area contributed by atoms with Crippen LogP contribution in [-0.2, 0) is 14.3 Å². The predicted octanol–water partition coefficient (Wildman–Crippen LogP) is 0.528. The minimum Gasteiger partial charge on any atom is -0.508 e. The van der Waals surface area contributed by atoms with Crippen molar-refractivity contribution in [3.63, 3.8) is 0 Å². The predicted molar refractivity (Wildman–Crippen MR) is 36.5 cm³/mol. The number of alkyl halides is 3. The van der Waals surface area contributed by atoms with Crippen LogP contribution in [0.5, 0.6) is 0 Å². The van der Waals surface area contributed by atoms with Crippen LogP contribution in [0, 0.1) is 0 Å². The molecule has 1 aliphatic rings. The lowest BCUT2D eigenvalue weighted by atomic mass is 10.1. The molecule has 1 N–H and O–H groups in total. The van der Waals surface area contributed by atoms with Gasteiger partial charge in [0.15, 0.2) is 12.4 Å². The summed E-state index contributed by atoms with van der Waals surface area (Å²) in [7, 11) is 0. The molecule has 0 aromatic heterocycles. The minimum atomic E-state index is -3.50. The van der Waals surface area contributed by atoms with Crippen molar-refractivity contribution in [1.29, 1.82) is 0 Å². The van der Waals surface area contributed by atoms with Crippen molar-refractivity contribution in [2.45, 2.75) is 12.6 Å².